The van der Waals surface area contributed by atoms with Gasteiger partial charge in [0.1, 0.15) is 13.2 Å². The molecule has 294 valence electrons. The van der Waals surface area contributed by atoms with Crippen molar-refractivity contribution in [2.75, 3.05) is 40.9 Å². The van der Waals surface area contributed by atoms with Crippen molar-refractivity contribution in [2.45, 2.75) is 212 Å². The van der Waals surface area contributed by atoms with E-state index in [4.69, 9.17) is 9.05 Å². The molecule has 1 unspecified atom stereocenters. The largest absolute Gasteiger partial charge is 0.472 e. The molecule has 3 N–H and O–H groups in total. The number of phosphoric ester groups is 1. The van der Waals surface area contributed by atoms with Gasteiger partial charge in [-0.25, -0.2) is 4.57 Å². The van der Waals surface area contributed by atoms with Crippen molar-refractivity contribution in [3.63, 3.8) is 0 Å². The van der Waals surface area contributed by atoms with E-state index in [1.165, 1.54) is 135 Å². The number of quaternary nitrogens is 1. The van der Waals surface area contributed by atoms with Crippen LogP contribution in [0.2, 0.25) is 0 Å². The third kappa shape index (κ3) is 35.7. The molecule has 0 fully saturated rings. The summed E-state index contributed by atoms with van der Waals surface area (Å²) in [4.78, 5) is 23.1. The molecular weight excluding hydrogens is 635 g/mol. The molecule has 9 heteroatoms. The Bertz CT molecular complexity index is 778. The Morgan fingerprint density at radius 3 is 1.37 bits per heavy atom. The zero-order valence-electron chi connectivity index (χ0n) is 33.2. The molecular formula is C40H84N2O6P+. The number of nitrogens with one attached hydrogen (secondary N) is 1. The van der Waals surface area contributed by atoms with Gasteiger partial charge in [0, 0.05) is 6.42 Å². The molecule has 0 aliphatic carbocycles. The van der Waals surface area contributed by atoms with E-state index < -0.39 is 20.0 Å². The number of phosphoric acid groups is 1. The molecule has 0 rings (SSSR count). The molecule has 0 bridgehead atoms. The first-order valence-corrected chi connectivity index (χ1v) is 22.4. The standard InChI is InChI=1S/C40H83N2O6P/c1-6-8-10-12-14-16-18-19-20-21-22-24-26-28-30-32-34-40(44)41-38(37-48-49(45,46)47-36-35-42(3,4)5)39(43)33-31-29-27-25-23-17-15-13-11-9-7-2/h38-39,43H,6-37H2,1-5H3,(H-,41,44,45,46)/p+1/t38-,39+/m0/s1. The third-order valence-corrected chi connectivity index (χ3v) is 10.6. The lowest BCUT2D eigenvalue weighted by atomic mass is 10.0. The SMILES string of the molecule is CCCCCCCCCCCCCCCCCCC(=O)N[C@@H](COP(=O)(O)OCC[N+](C)(C)C)[C@H](O)CCCCCCCCCCCCC. The van der Waals surface area contributed by atoms with Gasteiger partial charge in [0.25, 0.3) is 0 Å². The zero-order chi connectivity index (χ0) is 36.5. The van der Waals surface area contributed by atoms with Crippen molar-refractivity contribution < 1.29 is 32.9 Å². The van der Waals surface area contributed by atoms with Crippen LogP contribution in [0.25, 0.3) is 0 Å². The fourth-order valence-corrected chi connectivity index (χ4v) is 6.96. The second-order valence-corrected chi connectivity index (χ2v) is 17.2. The Balaban J connectivity index is 4.35. The van der Waals surface area contributed by atoms with Crippen molar-refractivity contribution in [2.24, 2.45) is 0 Å². The van der Waals surface area contributed by atoms with Crippen LogP contribution in [0.1, 0.15) is 200 Å². The van der Waals surface area contributed by atoms with E-state index in [0.717, 1.165) is 38.5 Å². The van der Waals surface area contributed by atoms with Gasteiger partial charge in [0.05, 0.1) is 39.9 Å². The maximum absolute atomic E-state index is 12.8. The molecule has 49 heavy (non-hydrogen) atoms. The normalized spacial score (nSPS) is 14.5. The smallest absolute Gasteiger partial charge is 0.391 e. The lowest BCUT2D eigenvalue weighted by Gasteiger charge is -2.26. The van der Waals surface area contributed by atoms with Crippen LogP contribution in [0.5, 0.6) is 0 Å². The van der Waals surface area contributed by atoms with Crippen LogP contribution in [0.3, 0.4) is 0 Å². The summed E-state index contributed by atoms with van der Waals surface area (Å²) >= 11 is 0. The Labute approximate surface area is 304 Å². The molecule has 0 aliphatic rings. The Hall–Kier alpha value is -0.500. The van der Waals surface area contributed by atoms with Gasteiger partial charge in [0.15, 0.2) is 0 Å². The van der Waals surface area contributed by atoms with Crippen LogP contribution < -0.4 is 5.32 Å². The summed E-state index contributed by atoms with van der Waals surface area (Å²) in [5.41, 5.74) is 0. The Morgan fingerprint density at radius 2 is 0.980 bits per heavy atom. The highest BCUT2D eigenvalue weighted by atomic mass is 31.2. The third-order valence-electron chi connectivity index (χ3n) is 9.61. The lowest BCUT2D eigenvalue weighted by Crippen LogP contribution is -2.46. The van der Waals surface area contributed by atoms with Gasteiger partial charge in [-0.15, -0.1) is 0 Å². The predicted molar refractivity (Wildman–Crippen MR) is 208 cm³/mol. The molecule has 0 saturated carbocycles. The number of nitrogens with zero attached hydrogens (tertiary/aromatic N) is 1. The second kappa shape index (κ2) is 33.3. The topological polar surface area (TPSA) is 105 Å². The number of carbonyl (C=O) groups is 1. The van der Waals surface area contributed by atoms with Crippen molar-refractivity contribution in [1.29, 1.82) is 0 Å². The van der Waals surface area contributed by atoms with Gasteiger partial charge < -0.3 is 19.8 Å². The highest BCUT2D eigenvalue weighted by Gasteiger charge is 2.28. The number of hydrogen-bond acceptors (Lipinski definition) is 5. The van der Waals surface area contributed by atoms with Crippen LogP contribution in [0.4, 0.5) is 0 Å². The maximum Gasteiger partial charge on any atom is 0.472 e. The maximum atomic E-state index is 12.8. The van der Waals surface area contributed by atoms with Crippen molar-refractivity contribution in [3.8, 4) is 0 Å². The molecule has 0 aliphatic heterocycles. The molecule has 0 saturated heterocycles. The summed E-state index contributed by atoms with van der Waals surface area (Å²) in [6, 6.07) is -0.751. The summed E-state index contributed by atoms with van der Waals surface area (Å²) in [6.45, 7) is 4.88. The highest BCUT2D eigenvalue weighted by Crippen LogP contribution is 2.43. The predicted octanol–water partition coefficient (Wildman–Crippen LogP) is 11.0. The second-order valence-electron chi connectivity index (χ2n) is 15.7. The molecule has 0 aromatic rings. The number of rotatable bonds is 38. The van der Waals surface area contributed by atoms with E-state index in [1.807, 2.05) is 21.1 Å². The van der Waals surface area contributed by atoms with Gasteiger partial charge in [0.2, 0.25) is 5.91 Å². The first-order chi connectivity index (χ1) is 23.5. The molecule has 1 amide bonds. The zero-order valence-corrected chi connectivity index (χ0v) is 34.1. The van der Waals surface area contributed by atoms with Crippen LogP contribution in [0.15, 0.2) is 0 Å². The van der Waals surface area contributed by atoms with Crippen molar-refractivity contribution >= 4 is 13.7 Å². The number of aliphatic hydroxyl groups is 1. The quantitative estimate of drug-likeness (QED) is 0.0333. The van der Waals surface area contributed by atoms with E-state index in [0.29, 0.717) is 23.9 Å². The molecule has 0 heterocycles. The molecule has 3 atom stereocenters. The molecule has 0 spiro atoms. The van der Waals surface area contributed by atoms with Gasteiger partial charge in [-0.2, -0.15) is 0 Å². The number of unbranched alkanes of at least 4 members (excludes halogenated alkanes) is 25. The summed E-state index contributed by atoms with van der Waals surface area (Å²) in [6.07, 6.45) is 34.0. The van der Waals surface area contributed by atoms with Gasteiger partial charge in [-0.1, -0.05) is 181 Å². The first-order valence-electron chi connectivity index (χ1n) is 20.9. The van der Waals surface area contributed by atoms with Crippen LogP contribution in [-0.4, -0.2) is 73.4 Å². The van der Waals surface area contributed by atoms with E-state index >= 15 is 0 Å². The van der Waals surface area contributed by atoms with Crippen LogP contribution >= 0.6 is 7.82 Å². The van der Waals surface area contributed by atoms with Gasteiger partial charge >= 0.3 is 7.82 Å². The number of hydrogen-bond donors (Lipinski definition) is 3. The average molecular weight is 720 g/mol. The summed E-state index contributed by atoms with van der Waals surface area (Å²) in [7, 11) is 1.62. The molecule has 0 radical (unpaired) electrons. The van der Waals surface area contributed by atoms with E-state index in [9.17, 15) is 19.4 Å². The monoisotopic (exact) mass is 720 g/mol. The van der Waals surface area contributed by atoms with E-state index in [1.54, 1.807) is 0 Å². The van der Waals surface area contributed by atoms with Gasteiger partial charge in [-0.3, -0.25) is 13.8 Å². The fraction of sp³-hybridized carbons (Fsp3) is 0.975. The lowest BCUT2D eigenvalue weighted by molar-refractivity contribution is -0.870. The van der Waals surface area contributed by atoms with Crippen molar-refractivity contribution in [1.82, 2.24) is 5.32 Å². The summed E-state index contributed by atoms with van der Waals surface area (Å²) in [5, 5.41) is 13.9. The minimum absolute atomic E-state index is 0.0782. The number of likely N-dealkylation sites (N-methyl/N-ethyl adjacent to an activating group) is 1. The molecule has 8 nitrogen and oxygen atoms in total. The number of amides is 1. The minimum atomic E-state index is -4.30. The van der Waals surface area contributed by atoms with Gasteiger partial charge in [-0.05, 0) is 12.8 Å². The highest BCUT2D eigenvalue weighted by molar-refractivity contribution is 7.47. The van der Waals surface area contributed by atoms with Crippen LogP contribution in [-0.2, 0) is 18.4 Å². The minimum Gasteiger partial charge on any atom is -0.391 e. The summed E-state index contributed by atoms with van der Waals surface area (Å²) < 4.78 is 23.5. The van der Waals surface area contributed by atoms with E-state index in [-0.39, 0.29) is 19.1 Å². The Kier molecular flexibility index (Phi) is 33.0. The van der Waals surface area contributed by atoms with Crippen molar-refractivity contribution in [3.05, 3.63) is 0 Å². The van der Waals surface area contributed by atoms with E-state index in [2.05, 4.69) is 19.2 Å². The molecule has 0 aromatic carbocycles. The number of aliphatic hydroxyl groups excluding tert-OH is 1. The fourth-order valence-electron chi connectivity index (χ4n) is 6.22. The summed E-state index contributed by atoms with van der Waals surface area (Å²) in [5.74, 6) is -0.143. The first kappa shape index (κ1) is 48.5. The Morgan fingerprint density at radius 1 is 0.612 bits per heavy atom. The number of carbonyl (C=O) groups excluding carboxylic acids is 1. The molecule has 0 aromatic heterocycles. The van der Waals surface area contributed by atoms with Crippen LogP contribution in [0, 0.1) is 0 Å². The average Bonchev–Trinajstić information content (AvgIpc) is 3.04.